The predicted octanol–water partition coefficient (Wildman–Crippen LogP) is 2.38. The van der Waals surface area contributed by atoms with Gasteiger partial charge in [-0.05, 0) is 22.0 Å². The van der Waals surface area contributed by atoms with Crippen LogP contribution < -0.4 is 0 Å². The van der Waals surface area contributed by atoms with Crippen LogP contribution in [-0.4, -0.2) is 15.1 Å². The summed E-state index contributed by atoms with van der Waals surface area (Å²) in [6, 6.07) is 3.62. The van der Waals surface area contributed by atoms with Gasteiger partial charge in [-0.25, -0.2) is 4.98 Å². The standard InChI is InChI=1S/C9H7BrN2OS/c10-7-5-14-9(12-7)8(13)6-2-1-3-11-4-6/h1-5,8,13H. The van der Waals surface area contributed by atoms with Gasteiger partial charge in [0.1, 0.15) is 15.7 Å². The van der Waals surface area contributed by atoms with Crippen molar-refractivity contribution >= 4 is 27.3 Å². The van der Waals surface area contributed by atoms with E-state index in [2.05, 4.69) is 25.9 Å². The molecule has 1 atom stereocenters. The molecule has 0 radical (unpaired) electrons. The highest BCUT2D eigenvalue weighted by Crippen LogP contribution is 2.25. The zero-order chi connectivity index (χ0) is 9.97. The molecular weight excluding hydrogens is 264 g/mol. The van der Waals surface area contributed by atoms with Gasteiger partial charge >= 0.3 is 0 Å². The van der Waals surface area contributed by atoms with Crippen molar-refractivity contribution < 1.29 is 5.11 Å². The fourth-order valence-corrected chi connectivity index (χ4v) is 2.35. The minimum Gasteiger partial charge on any atom is -0.381 e. The van der Waals surface area contributed by atoms with Crippen molar-refractivity contribution in [1.29, 1.82) is 0 Å². The summed E-state index contributed by atoms with van der Waals surface area (Å²) in [6.45, 7) is 0. The first-order valence-electron chi connectivity index (χ1n) is 3.96. The van der Waals surface area contributed by atoms with E-state index in [1.54, 1.807) is 18.5 Å². The van der Waals surface area contributed by atoms with Crippen LogP contribution in [0.25, 0.3) is 0 Å². The predicted molar refractivity (Wildman–Crippen MR) is 58.1 cm³/mol. The largest absolute Gasteiger partial charge is 0.381 e. The summed E-state index contributed by atoms with van der Waals surface area (Å²) >= 11 is 4.66. The number of rotatable bonds is 2. The zero-order valence-corrected chi connectivity index (χ0v) is 9.49. The average molecular weight is 271 g/mol. The molecule has 0 bridgehead atoms. The van der Waals surface area contributed by atoms with E-state index in [0.29, 0.717) is 5.01 Å². The maximum Gasteiger partial charge on any atom is 0.132 e. The lowest BCUT2D eigenvalue weighted by Crippen LogP contribution is -1.98. The molecule has 1 N–H and O–H groups in total. The second kappa shape index (κ2) is 4.16. The van der Waals surface area contributed by atoms with E-state index in [4.69, 9.17) is 0 Å². The molecule has 2 heterocycles. The van der Waals surface area contributed by atoms with Crippen LogP contribution in [0.15, 0.2) is 34.5 Å². The number of pyridine rings is 1. The van der Waals surface area contributed by atoms with Gasteiger partial charge in [-0.15, -0.1) is 11.3 Å². The molecule has 0 saturated heterocycles. The highest BCUT2D eigenvalue weighted by molar-refractivity contribution is 9.10. The normalized spacial score (nSPS) is 12.7. The van der Waals surface area contributed by atoms with Crippen molar-refractivity contribution in [3.8, 4) is 0 Å². The molecule has 72 valence electrons. The van der Waals surface area contributed by atoms with Gasteiger partial charge in [-0.2, -0.15) is 0 Å². The molecule has 2 aromatic rings. The van der Waals surface area contributed by atoms with Crippen LogP contribution in [-0.2, 0) is 0 Å². The van der Waals surface area contributed by atoms with Crippen LogP contribution in [0, 0.1) is 0 Å². The SMILES string of the molecule is OC(c1cccnc1)c1nc(Br)cs1. The molecule has 0 spiro atoms. The Morgan fingerprint density at radius 2 is 2.36 bits per heavy atom. The number of thiazole rings is 1. The zero-order valence-electron chi connectivity index (χ0n) is 7.09. The molecule has 3 nitrogen and oxygen atoms in total. The highest BCUT2D eigenvalue weighted by Gasteiger charge is 2.13. The Morgan fingerprint density at radius 1 is 1.50 bits per heavy atom. The summed E-state index contributed by atoms with van der Waals surface area (Å²) in [5.74, 6) is 0. The summed E-state index contributed by atoms with van der Waals surface area (Å²) in [6.07, 6.45) is 2.63. The van der Waals surface area contributed by atoms with E-state index >= 15 is 0 Å². The van der Waals surface area contributed by atoms with Gasteiger partial charge < -0.3 is 5.11 Å². The van der Waals surface area contributed by atoms with E-state index in [-0.39, 0.29) is 0 Å². The van der Waals surface area contributed by atoms with E-state index in [1.807, 2.05) is 11.4 Å². The Labute approximate surface area is 93.6 Å². The first-order valence-corrected chi connectivity index (χ1v) is 5.63. The molecule has 14 heavy (non-hydrogen) atoms. The minimum absolute atomic E-state index is 0.671. The van der Waals surface area contributed by atoms with E-state index in [9.17, 15) is 5.11 Å². The number of hydrogen-bond acceptors (Lipinski definition) is 4. The fourth-order valence-electron chi connectivity index (χ4n) is 1.07. The molecule has 0 aliphatic carbocycles. The van der Waals surface area contributed by atoms with Gasteiger partial charge in [0, 0.05) is 23.3 Å². The third-order valence-corrected chi connectivity index (χ3v) is 3.33. The lowest BCUT2D eigenvalue weighted by molar-refractivity contribution is 0.219. The Bertz CT molecular complexity index is 418. The minimum atomic E-state index is -0.681. The van der Waals surface area contributed by atoms with Crippen molar-refractivity contribution in [3.63, 3.8) is 0 Å². The molecule has 2 aromatic heterocycles. The first-order chi connectivity index (χ1) is 6.77. The summed E-state index contributed by atoms with van der Waals surface area (Å²) in [7, 11) is 0. The summed E-state index contributed by atoms with van der Waals surface area (Å²) in [4.78, 5) is 8.09. The quantitative estimate of drug-likeness (QED) is 0.912. The van der Waals surface area contributed by atoms with Gasteiger partial charge in [0.05, 0.1) is 0 Å². The lowest BCUT2D eigenvalue weighted by atomic mass is 10.2. The summed E-state index contributed by atoms with van der Waals surface area (Å²) < 4.78 is 0.750. The highest BCUT2D eigenvalue weighted by atomic mass is 79.9. The lowest BCUT2D eigenvalue weighted by Gasteiger charge is -2.05. The van der Waals surface area contributed by atoms with Crippen LogP contribution in [0.1, 0.15) is 16.7 Å². The van der Waals surface area contributed by atoms with Crippen molar-refractivity contribution in [2.24, 2.45) is 0 Å². The number of aliphatic hydroxyl groups is 1. The van der Waals surface area contributed by atoms with Gasteiger partial charge in [-0.1, -0.05) is 6.07 Å². The van der Waals surface area contributed by atoms with E-state index < -0.39 is 6.10 Å². The second-order valence-electron chi connectivity index (χ2n) is 2.70. The molecule has 0 fully saturated rings. The van der Waals surface area contributed by atoms with E-state index in [0.717, 1.165) is 10.2 Å². The van der Waals surface area contributed by atoms with Gasteiger partial charge in [0.2, 0.25) is 0 Å². The van der Waals surface area contributed by atoms with Gasteiger partial charge in [-0.3, -0.25) is 4.98 Å². The van der Waals surface area contributed by atoms with Crippen molar-refractivity contribution in [2.75, 3.05) is 0 Å². The van der Waals surface area contributed by atoms with Crippen LogP contribution in [0.3, 0.4) is 0 Å². The monoisotopic (exact) mass is 270 g/mol. The van der Waals surface area contributed by atoms with Gasteiger partial charge in [0.25, 0.3) is 0 Å². The molecule has 0 aromatic carbocycles. The molecule has 0 aliphatic rings. The number of halogens is 1. The molecule has 0 saturated carbocycles. The molecule has 0 amide bonds. The Hall–Kier alpha value is -0.780. The Kier molecular flexibility index (Phi) is 2.90. The number of hydrogen-bond donors (Lipinski definition) is 1. The maximum atomic E-state index is 9.89. The maximum absolute atomic E-state index is 9.89. The molecule has 2 rings (SSSR count). The van der Waals surface area contributed by atoms with Gasteiger partial charge in [0.15, 0.2) is 0 Å². The van der Waals surface area contributed by atoms with Crippen LogP contribution in [0.5, 0.6) is 0 Å². The fraction of sp³-hybridized carbons (Fsp3) is 0.111. The number of nitrogens with zero attached hydrogens (tertiary/aromatic N) is 2. The Morgan fingerprint density at radius 3 is 2.93 bits per heavy atom. The average Bonchev–Trinajstić information content (AvgIpc) is 2.65. The second-order valence-corrected chi connectivity index (χ2v) is 4.40. The smallest absolute Gasteiger partial charge is 0.132 e. The first kappa shape index (κ1) is 9.76. The number of aromatic nitrogens is 2. The third-order valence-electron chi connectivity index (χ3n) is 1.73. The summed E-state index contributed by atoms with van der Waals surface area (Å²) in [5, 5.41) is 12.4. The Balaban J connectivity index is 2.29. The van der Waals surface area contributed by atoms with Crippen molar-refractivity contribution in [1.82, 2.24) is 9.97 Å². The molecule has 5 heteroatoms. The van der Waals surface area contributed by atoms with Crippen LogP contribution in [0.2, 0.25) is 0 Å². The summed E-state index contributed by atoms with van der Waals surface area (Å²) in [5.41, 5.74) is 0.759. The van der Waals surface area contributed by atoms with Crippen molar-refractivity contribution in [2.45, 2.75) is 6.10 Å². The van der Waals surface area contributed by atoms with Crippen LogP contribution in [0.4, 0.5) is 0 Å². The van der Waals surface area contributed by atoms with Crippen LogP contribution >= 0.6 is 27.3 Å². The molecular formula is C9H7BrN2OS. The number of aliphatic hydroxyl groups excluding tert-OH is 1. The molecule has 0 aliphatic heterocycles. The third kappa shape index (κ3) is 2.00. The van der Waals surface area contributed by atoms with E-state index in [1.165, 1.54) is 11.3 Å². The topological polar surface area (TPSA) is 46.0 Å². The molecule has 1 unspecified atom stereocenters. The van der Waals surface area contributed by atoms with Crippen molar-refractivity contribution in [3.05, 3.63) is 45.1 Å².